The summed E-state index contributed by atoms with van der Waals surface area (Å²) >= 11 is 6.47. The molecule has 0 radical (unpaired) electrons. The zero-order valence-corrected chi connectivity index (χ0v) is 19.0. The number of nitrogens with zero attached hydrogens (tertiary/aromatic N) is 1. The molecule has 2 heterocycles. The summed E-state index contributed by atoms with van der Waals surface area (Å²) in [4.78, 5) is 28.2. The van der Waals surface area contributed by atoms with Crippen LogP contribution in [0.15, 0.2) is 60.7 Å². The van der Waals surface area contributed by atoms with Gasteiger partial charge in [0.05, 0.1) is 6.04 Å². The fourth-order valence-electron chi connectivity index (χ4n) is 5.06. The van der Waals surface area contributed by atoms with Crippen LogP contribution in [0, 0.1) is 0 Å². The number of carbonyl (C=O) groups is 2. The lowest BCUT2D eigenvalue weighted by Crippen LogP contribution is -2.45. The van der Waals surface area contributed by atoms with Crippen molar-refractivity contribution in [2.24, 2.45) is 0 Å². The topological polar surface area (TPSA) is 76.1 Å². The Balaban J connectivity index is 1.56. The molecule has 3 aromatic rings. The summed E-state index contributed by atoms with van der Waals surface area (Å²) < 4.78 is 11.4. The van der Waals surface area contributed by atoms with E-state index in [4.69, 9.17) is 21.1 Å². The number of carboxylic acids is 1. The third-order valence-corrected chi connectivity index (χ3v) is 7.13. The molecular formula is C27H22ClNO5. The molecule has 7 heteroatoms. The van der Waals surface area contributed by atoms with Crippen LogP contribution in [-0.4, -0.2) is 30.2 Å². The second-order valence-electron chi connectivity index (χ2n) is 8.91. The van der Waals surface area contributed by atoms with E-state index in [0.29, 0.717) is 58.0 Å². The van der Waals surface area contributed by atoms with E-state index in [2.05, 4.69) is 0 Å². The van der Waals surface area contributed by atoms with Crippen molar-refractivity contribution in [2.45, 2.75) is 30.7 Å². The second kappa shape index (κ2) is 8.06. The van der Waals surface area contributed by atoms with E-state index in [1.165, 1.54) is 0 Å². The molecule has 0 spiro atoms. The molecule has 1 fully saturated rings. The van der Waals surface area contributed by atoms with Gasteiger partial charge in [-0.25, -0.2) is 0 Å². The van der Waals surface area contributed by atoms with Gasteiger partial charge in [0.2, 0.25) is 0 Å². The summed E-state index contributed by atoms with van der Waals surface area (Å²) in [6.07, 6.45) is 2.12. The highest BCUT2D eigenvalue weighted by Crippen LogP contribution is 2.49. The van der Waals surface area contributed by atoms with Crippen molar-refractivity contribution in [2.75, 3.05) is 18.1 Å². The largest absolute Gasteiger partial charge is 0.486 e. The van der Waals surface area contributed by atoms with Crippen molar-refractivity contribution in [3.63, 3.8) is 0 Å². The van der Waals surface area contributed by atoms with Crippen LogP contribution in [0.1, 0.15) is 57.8 Å². The smallest absolute Gasteiger partial charge is 0.313 e. The SMILES string of the molecule is O=C(O)[C@H]1c2ccccc2C(=O)N(c2ccc(Cl)c(C3CC3)c2)[C@@H]1c1ccc2c(c1)OCCO2. The molecule has 3 aliphatic rings. The lowest BCUT2D eigenvalue weighted by atomic mass is 9.79. The fourth-order valence-corrected chi connectivity index (χ4v) is 5.33. The monoisotopic (exact) mass is 475 g/mol. The highest BCUT2D eigenvalue weighted by atomic mass is 35.5. The van der Waals surface area contributed by atoms with E-state index in [0.717, 1.165) is 18.4 Å². The quantitative estimate of drug-likeness (QED) is 0.534. The molecule has 1 saturated carbocycles. The molecule has 1 amide bonds. The maximum absolute atomic E-state index is 13.9. The predicted molar refractivity (Wildman–Crippen MR) is 127 cm³/mol. The van der Waals surface area contributed by atoms with Crippen LogP contribution in [0.5, 0.6) is 11.5 Å². The van der Waals surface area contributed by atoms with Gasteiger partial charge in [0.25, 0.3) is 5.91 Å². The Kier molecular flexibility index (Phi) is 4.99. The van der Waals surface area contributed by atoms with Crippen molar-refractivity contribution in [1.29, 1.82) is 0 Å². The van der Waals surface area contributed by atoms with Crippen molar-refractivity contribution in [3.8, 4) is 11.5 Å². The Bertz CT molecular complexity index is 1320. The summed E-state index contributed by atoms with van der Waals surface area (Å²) in [6.45, 7) is 0.872. The molecule has 1 N–H and O–H groups in total. The molecule has 2 atom stereocenters. The van der Waals surface area contributed by atoms with E-state index in [9.17, 15) is 14.7 Å². The highest BCUT2D eigenvalue weighted by molar-refractivity contribution is 6.31. The van der Waals surface area contributed by atoms with Crippen LogP contribution in [-0.2, 0) is 4.79 Å². The fraction of sp³-hybridized carbons (Fsp3) is 0.259. The van der Waals surface area contributed by atoms with Crippen LogP contribution >= 0.6 is 11.6 Å². The van der Waals surface area contributed by atoms with Gasteiger partial charge in [0, 0.05) is 16.3 Å². The molecule has 0 saturated heterocycles. The molecule has 1 aliphatic carbocycles. The zero-order valence-electron chi connectivity index (χ0n) is 18.2. The number of amides is 1. The van der Waals surface area contributed by atoms with E-state index in [-0.39, 0.29) is 5.91 Å². The summed E-state index contributed by atoms with van der Waals surface area (Å²) in [5, 5.41) is 11.1. The summed E-state index contributed by atoms with van der Waals surface area (Å²) in [5.74, 6) is -0.662. The van der Waals surface area contributed by atoms with Gasteiger partial charge >= 0.3 is 5.97 Å². The highest BCUT2D eigenvalue weighted by Gasteiger charge is 2.45. The van der Waals surface area contributed by atoms with Crippen molar-refractivity contribution < 1.29 is 24.2 Å². The first-order chi connectivity index (χ1) is 16.5. The molecule has 6 rings (SSSR count). The van der Waals surface area contributed by atoms with E-state index in [1.807, 2.05) is 12.1 Å². The average molecular weight is 476 g/mol. The van der Waals surface area contributed by atoms with Gasteiger partial charge in [-0.1, -0.05) is 35.9 Å². The second-order valence-corrected chi connectivity index (χ2v) is 9.31. The van der Waals surface area contributed by atoms with Gasteiger partial charge in [0.1, 0.15) is 19.1 Å². The van der Waals surface area contributed by atoms with Gasteiger partial charge in [-0.15, -0.1) is 0 Å². The van der Waals surface area contributed by atoms with E-state index in [1.54, 1.807) is 53.4 Å². The number of anilines is 1. The number of ether oxygens (including phenoxy) is 2. The van der Waals surface area contributed by atoms with Crippen molar-refractivity contribution >= 4 is 29.2 Å². The lowest BCUT2D eigenvalue weighted by Gasteiger charge is -2.41. The summed E-state index contributed by atoms with van der Waals surface area (Å²) in [5.41, 5.74) is 3.21. The molecular weight excluding hydrogens is 454 g/mol. The Morgan fingerprint density at radius 2 is 1.71 bits per heavy atom. The molecule has 6 nitrogen and oxygen atoms in total. The number of hydrogen-bond donors (Lipinski definition) is 1. The first-order valence-electron chi connectivity index (χ1n) is 11.4. The number of fused-ring (bicyclic) bond motifs is 2. The van der Waals surface area contributed by atoms with Crippen LogP contribution in [0.25, 0.3) is 0 Å². The zero-order chi connectivity index (χ0) is 23.4. The molecule has 3 aromatic carbocycles. The minimum Gasteiger partial charge on any atom is -0.486 e. The maximum Gasteiger partial charge on any atom is 0.313 e. The molecule has 34 heavy (non-hydrogen) atoms. The average Bonchev–Trinajstić information content (AvgIpc) is 3.69. The van der Waals surface area contributed by atoms with Gasteiger partial charge in [-0.2, -0.15) is 0 Å². The molecule has 172 valence electrons. The number of carbonyl (C=O) groups excluding carboxylic acids is 1. The maximum atomic E-state index is 13.9. The lowest BCUT2D eigenvalue weighted by molar-refractivity contribution is -0.139. The molecule has 2 aliphatic heterocycles. The first kappa shape index (κ1) is 21.1. The van der Waals surface area contributed by atoms with Crippen LogP contribution < -0.4 is 14.4 Å². The summed E-state index contributed by atoms with van der Waals surface area (Å²) in [6, 6.07) is 17.1. The van der Waals surface area contributed by atoms with Crippen LogP contribution in [0.4, 0.5) is 5.69 Å². The van der Waals surface area contributed by atoms with Crippen molar-refractivity contribution in [3.05, 3.63) is 87.9 Å². The number of rotatable bonds is 4. The number of aliphatic carboxylic acids is 1. The Hall–Kier alpha value is -3.51. The molecule has 0 aromatic heterocycles. The van der Waals surface area contributed by atoms with Crippen LogP contribution in [0.3, 0.4) is 0 Å². The Morgan fingerprint density at radius 1 is 0.941 bits per heavy atom. The van der Waals surface area contributed by atoms with Gasteiger partial charge < -0.3 is 14.6 Å². The minimum atomic E-state index is -0.999. The van der Waals surface area contributed by atoms with E-state index >= 15 is 0 Å². The number of halogens is 1. The Morgan fingerprint density at radius 3 is 2.47 bits per heavy atom. The molecule has 0 unspecified atom stereocenters. The van der Waals surface area contributed by atoms with Gasteiger partial charge in [-0.3, -0.25) is 14.5 Å². The predicted octanol–water partition coefficient (Wildman–Crippen LogP) is 5.56. The normalized spacial score (nSPS) is 21.2. The van der Waals surface area contributed by atoms with Crippen LogP contribution in [0.2, 0.25) is 5.02 Å². The number of hydrogen-bond acceptors (Lipinski definition) is 4. The number of benzene rings is 3. The summed E-state index contributed by atoms with van der Waals surface area (Å²) in [7, 11) is 0. The minimum absolute atomic E-state index is 0.239. The first-order valence-corrected chi connectivity index (χ1v) is 11.7. The third kappa shape index (κ3) is 3.41. The standard InChI is InChI=1S/C27H22ClNO5/c28-21-9-8-17(14-20(21)15-5-6-15)29-25(16-7-10-22-23(13-16)34-12-11-33-22)24(27(31)32)18-3-1-2-4-19(18)26(29)30/h1-4,7-10,13-15,24-25H,5-6,11-12H2,(H,31,32)/t24-,25+/m0/s1. The van der Waals surface area contributed by atoms with E-state index < -0.39 is 17.9 Å². The molecule has 0 bridgehead atoms. The van der Waals surface area contributed by atoms with Gasteiger partial charge in [-0.05, 0) is 71.8 Å². The Labute approximate surface area is 201 Å². The van der Waals surface area contributed by atoms with Gasteiger partial charge in [0.15, 0.2) is 11.5 Å². The van der Waals surface area contributed by atoms with Crippen molar-refractivity contribution in [1.82, 2.24) is 0 Å². The number of carboxylic acid groups (broad SMARTS) is 1. The third-order valence-electron chi connectivity index (χ3n) is 6.79.